The molecule has 104 valence electrons. The van der Waals surface area contributed by atoms with Crippen LogP contribution in [0.1, 0.15) is 39.5 Å². The fourth-order valence-electron chi connectivity index (χ4n) is 1.55. The predicted octanol–water partition coefficient (Wildman–Crippen LogP) is 1.62. The van der Waals surface area contributed by atoms with E-state index in [1.54, 1.807) is 6.92 Å². The van der Waals surface area contributed by atoms with E-state index in [2.05, 4.69) is 5.32 Å². The van der Waals surface area contributed by atoms with Gasteiger partial charge in [0, 0.05) is 19.8 Å². The van der Waals surface area contributed by atoms with Crippen molar-refractivity contribution in [3.8, 4) is 0 Å². The third-order valence-corrected chi connectivity index (χ3v) is 4.00. The average molecular weight is 272 g/mol. The normalized spacial score (nSPS) is 18.1. The number of carbonyl (C=O) groups is 1. The number of carbonyl (C=O) groups excluding carboxylic acids is 1. The van der Waals surface area contributed by atoms with Crippen LogP contribution in [-0.4, -0.2) is 30.7 Å². The van der Waals surface area contributed by atoms with Crippen LogP contribution in [-0.2, 0) is 9.53 Å². The van der Waals surface area contributed by atoms with Crippen LogP contribution in [0.15, 0.2) is 0 Å². The SMILES string of the molecule is CCC(C)(C(=O)NCCCOCC1CC1)C(N)=S. The van der Waals surface area contributed by atoms with Gasteiger partial charge in [-0.1, -0.05) is 19.1 Å². The van der Waals surface area contributed by atoms with Crippen LogP contribution in [0.4, 0.5) is 0 Å². The molecule has 1 amide bonds. The minimum absolute atomic E-state index is 0.0836. The highest BCUT2D eigenvalue weighted by Gasteiger charge is 2.34. The average Bonchev–Trinajstić information content (AvgIpc) is 3.15. The lowest BCUT2D eigenvalue weighted by Crippen LogP contribution is -2.46. The lowest BCUT2D eigenvalue weighted by molar-refractivity contribution is -0.127. The topological polar surface area (TPSA) is 64.3 Å². The Hall–Kier alpha value is -0.680. The van der Waals surface area contributed by atoms with Gasteiger partial charge in [0.2, 0.25) is 5.91 Å². The molecular weight excluding hydrogens is 248 g/mol. The summed E-state index contributed by atoms with van der Waals surface area (Å²) in [7, 11) is 0. The lowest BCUT2D eigenvalue weighted by Gasteiger charge is -2.25. The Balaban J connectivity index is 2.12. The van der Waals surface area contributed by atoms with Crippen molar-refractivity contribution in [2.75, 3.05) is 19.8 Å². The fraction of sp³-hybridized carbons (Fsp3) is 0.846. The van der Waals surface area contributed by atoms with Gasteiger partial charge in [-0.15, -0.1) is 0 Å². The van der Waals surface area contributed by atoms with Crippen LogP contribution in [0.25, 0.3) is 0 Å². The summed E-state index contributed by atoms with van der Waals surface area (Å²) in [6, 6.07) is 0. The molecule has 0 aliphatic heterocycles. The molecule has 18 heavy (non-hydrogen) atoms. The maximum absolute atomic E-state index is 12.0. The molecule has 1 rings (SSSR count). The number of amides is 1. The Bertz CT molecular complexity index is 305. The van der Waals surface area contributed by atoms with Crippen LogP contribution < -0.4 is 11.1 Å². The molecule has 0 aromatic carbocycles. The highest BCUT2D eigenvalue weighted by Crippen LogP contribution is 2.28. The van der Waals surface area contributed by atoms with E-state index in [1.165, 1.54) is 12.8 Å². The lowest BCUT2D eigenvalue weighted by atomic mass is 9.86. The molecule has 0 spiro atoms. The van der Waals surface area contributed by atoms with E-state index < -0.39 is 5.41 Å². The monoisotopic (exact) mass is 272 g/mol. The minimum atomic E-state index is -0.732. The number of hydrogen-bond acceptors (Lipinski definition) is 3. The summed E-state index contributed by atoms with van der Waals surface area (Å²) in [5.74, 6) is 0.706. The summed E-state index contributed by atoms with van der Waals surface area (Å²) in [5.41, 5.74) is 4.89. The van der Waals surface area contributed by atoms with Crippen molar-refractivity contribution < 1.29 is 9.53 Å². The Labute approximate surface area is 115 Å². The quantitative estimate of drug-likeness (QED) is 0.494. The van der Waals surface area contributed by atoms with Crippen LogP contribution in [0.2, 0.25) is 0 Å². The first-order valence-electron chi connectivity index (χ1n) is 6.66. The molecule has 0 radical (unpaired) electrons. The summed E-state index contributed by atoms with van der Waals surface area (Å²) < 4.78 is 5.50. The van der Waals surface area contributed by atoms with Gasteiger partial charge in [0.05, 0.1) is 10.4 Å². The smallest absolute Gasteiger partial charge is 0.232 e. The predicted molar refractivity (Wildman–Crippen MR) is 76.4 cm³/mol. The molecule has 0 aromatic rings. The number of nitrogens with two attached hydrogens (primary N) is 1. The Kier molecular flexibility index (Phi) is 6.02. The zero-order chi connectivity index (χ0) is 13.6. The molecule has 1 aliphatic carbocycles. The van der Waals surface area contributed by atoms with E-state index in [4.69, 9.17) is 22.7 Å². The Morgan fingerprint density at radius 2 is 2.22 bits per heavy atom. The van der Waals surface area contributed by atoms with Gasteiger partial charge in [0.1, 0.15) is 0 Å². The minimum Gasteiger partial charge on any atom is -0.392 e. The molecule has 0 saturated heterocycles. The van der Waals surface area contributed by atoms with Gasteiger partial charge in [-0.3, -0.25) is 4.79 Å². The Morgan fingerprint density at radius 3 is 2.72 bits per heavy atom. The summed E-state index contributed by atoms with van der Waals surface area (Å²) >= 11 is 4.95. The molecule has 1 unspecified atom stereocenters. The summed E-state index contributed by atoms with van der Waals surface area (Å²) in [5, 5.41) is 2.87. The largest absolute Gasteiger partial charge is 0.392 e. The van der Waals surface area contributed by atoms with Gasteiger partial charge < -0.3 is 15.8 Å². The van der Waals surface area contributed by atoms with Crippen LogP contribution in [0.3, 0.4) is 0 Å². The molecule has 1 aliphatic rings. The van der Waals surface area contributed by atoms with Gasteiger partial charge in [-0.05, 0) is 38.5 Å². The first kappa shape index (κ1) is 15.4. The van der Waals surface area contributed by atoms with Gasteiger partial charge in [-0.25, -0.2) is 0 Å². The van der Waals surface area contributed by atoms with E-state index in [9.17, 15) is 4.79 Å². The number of nitrogens with one attached hydrogen (secondary N) is 1. The second kappa shape index (κ2) is 7.04. The number of thiocarbonyl (C=S) groups is 1. The Morgan fingerprint density at radius 1 is 1.56 bits per heavy atom. The zero-order valence-electron chi connectivity index (χ0n) is 11.3. The van der Waals surface area contributed by atoms with E-state index in [-0.39, 0.29) is 10.9 Å². The van der Waals surface area contributed by atoms with Crippen molar-refractivity contribution in [1.29, 1.82) is 0 Å². The third-order valence-electron chi connectivity index (χ3n) is 3.55. The first-order valence-corrected chi connectivity index (χ1v) is 7.07. The van der Waals surface area contributed by atoms with Gasteiger partial charge in [0.25, 0.3) is 0 Å². The van der Waals surface area contributed by atoms with E-state index in [1.807, 2.05) is 6.92 Å². The summed E-state index contributed by atoms with van der Waals surface area (Å²) in [4.78, 5) is 12.2. The van der Waals surface area contributed by atoms with Gasteiger partial charge >= 0.3 is 0 Å². The van der Waals surface area contributed by atoms with Crippen molar-refractivity contribution in [3.63, 3.8) is 0 Å². The standard InChI is InChI=1S/C13H24N2O2S/c1-3-13(2,11(14)18)12(16)15-7-4-8-17-9-10-5-6-10/h10H,3-9H2,1-2H3,(H2,14,18)(H,15,16). The fourth-order valence-corrected chi connectivity index (χ4v) is 1.79. The summed E-state index contributed by atoms with van der Waals surface area (Å²) in [6.07, 6.45) is 4.06. The van der Waals surface area contributed by atoms with Crippen LogP contribution in [0.5, 0.6) is 0 Å². The van der Waals surface area contributed by atoms with Gasteiger partial charge in [-0.2, -0.15) is 0 Å². The molecule has 0 aromatic heterocycles. The highest BCUT2D eigenvalue weighted by molar-refractivity contribution is 7.80. The molecule has 5 heteroatoms. The maximum Gasteiger partial charge on any atom is 0.232 e. The van der Waals surface area contributed by atoms with Crippen LogP contribution in [0, 0.1) is 11.3 Å². The second-order valence-electron chi connectivity index (χ2n) is 5.18. The number of hydrogen-bond donors (Lipinski definition) is 2. The highest BCUT2D eigenvalue weighted by atomic mass is 32.1. The molecule has 0 bridgehead atoms. The first-order chi connectivity index (χ1) is 8.50. The van der Waals surface area contributed by atoms with E-state index in [0.29, 0.717) is 19.6 Å². The third kappa shape index (κ3) is 4.53. The molecule has 4 nitrogen and oxygen atoms in total. The zero-order valence-corrected chi connectivity index (χ0v) is 12.1. The number of ether oxygens (including phenoxy) is 1. The molecule has 0 heterocycles. The van der Waals surface area contributed by atoms with Crippen molar-refractivity contribution in [3.05, 3.63) is 0 Å². The molecule has 1 saturated carbocycles. The molecule has 1 atom stereocenters. The van der Waals surface area contributed by atoms with E-state index >= 15 is 0 Å². The van der Waals surface area contributed by atoms with Crippen LogP contribution >= 0.6 is 12.2 Å². The van der Waals surface area contributed by atoms with Crippen molar-refractivity contribution in [2.45, 2.75) is 39.5 Å². The molecule has 1 fully saturated rings. The second-order valence-corrected chi connectivity index (χ2v) is 5.62. The molecule has 3 N–H and O–H groups in total. The van der Waals surface area contributed by atoms with Crippen molar-refractivity contribution in [2.24, 2.45) is 17.1 Å². The maximum atomic E-state index is 12.0. The molecular formula is C13H24N2O2S. The van der Waals surface area contributed by atoms with E-state index in [0.717, 1.165) is 18.9 Å². The van der Waals surface area contributed by atoms with Crippen molar-refractivity contribution in [1.82, 2.24) is 5.32 Å². The number of rotatable bonds is 9. The van der Waals surface area contributed by atoms with Crippen molar-refractivity contribution >= 4 is 23.1 Å². The summed E-state index contributed by atoms with van der Waals surface area (Å²) in [6.45, 7) is 5.88. The van der Waals surface area contributed by atoms with Gasteiger partial charge in [0.15, 0.2) is 0 Å².